The Morgan fingerprint density at radius 2 is 0.785 bits per heavy atom. The van der Waals surface area contributed by atoms with E-state index in [9.17, 15) is 40.5 Å². The molecule has 7 N–H and O–H groups in total. The molecule has 0 aliphatic carbocycles. The minimum Gasteiger partial charge on any atom is -0.457 e. The maximum Gasteiger partial charge on any atom is 0.306 e. The summed E-state index contributed by atoms with van der Waals surface area (Å²) in [5.41, 5.74) is 0. The minimum absolute atomic E-state index is 0.0503. The Labute approximate surface area is 477 Å². The molecule has 0 spiro atoms. The number of aliphatic hydroxyl groups is 7. The molecular weight excluding hydrogens is 1000 g/mol. The molecule has 0 aromatic heterocycles. The van der Waals surface area contributed by atoms with Crippen LogP contribution < -0.4 is 0 Å². The molecule has 0 saturated carbocycles. The zero-order valence-corrected chi connectivity index (χ0v) is 48.8. The van der Waals surface area contributed by atoms with Gasteiger partial charge >= 0.3 is 5.97 Å². The van der Waals surface area contributed by atoms with E-state index in [-0.39, 0.29) is 25.6 Å². The van der Waals surface area contributed by atoms with Gasteiger partial charge in [0.1, 0.15) is 54.9 Å². The zero-order chi connectivity index (χ0) is 57.2. The molecule has 0 aromatic carbocycles. The third-order valence-corrected chi connectivity index (χ3v) is 14.1. The van der Waals surface area contributed by atoms with Gasteiger partial charge in [0.25, 0.3) is 0 Å². The second kappa shape index (κ2) is 50.6. The van der Waals surface area contributed by atoms with E-state index >= 15 is 0 Å². The van der Waals surface area contributed by atoms with Crippen LogP contribution in [0.5, 0.6) is 0 Å². The van der Waals surface area contributed by atoms with Crippen LogP contribution >= 0.6 is 0 Å². The van der Waals surface area contributed by atoms with Crippen molar-refractivity contribution in [3.8, 4) is 0 Å². The van der Waals surface area contributed by atoms with Crippen molar-refractivity contribution in [2.45, 2.75) is 274 Å². The van der Waals surface area contributed by atoms with Gasteiger partial charge in [-0.2, -0.15) is 0 Å². The fourth-order valence-corrected chi connectivity index (χ4v) is 9.21. The summed E-state index contributed by atoms with van der Waals surface area (Å²) in [5.74, 6) is -0.386. The average molecular weight is 1120 g/mol. The second-order valence-electron chi connectivity index (χ2n) is 21.1. The van der Waals surface area contributed by atoms with Gasteiger partial charge < -0.3 is 64.2 Å². The van der Waals surface area contributed by atoms with Gasteiger partial charge in [-0.25, -0.2) is 0 Å². The topological polar surface area (TPSA) is 214 Å². The van der Waals surface area contributed by atoms with Crippen molar-refractivity contribution in [3.63, 3.8) is 0 Å². The third kappa shape index (κ3) is 36.9. The van der Waals surface area contributed by atoms with Crippen molar-refractivity contribution >= 4 is 5.97 Å². The molecule has 2 saturated heterocycles. The molecule has 2 aliphatic rings. The highest BCUT2D eigenvalue weighted by atomic mass is 16.7. The van der Waals surface area contributed by atoms with Gasteiger partial charge in [0.05, 0.1) is 26.4 Å². The highest BCUT2D eigenvalue weighted by molar-refractivity contribution is 5.69. The molecule has 2 aliphatic heterocycles. The molecule has 14 heteroatoms. The third-order valence-electron chi connectivity index (χ3n) is 14.1. The van der Waals surface area contributed by atoms with E-state index in [1.165, 1.54) is 77.0 Å². The first-order valence-electron chi connectivity index (χ1n) is 30.8. The highest BCUT2D eigenvalue weighted by Crippen LogP contribution is 2.27. The number of hydrogen-bond acceptors (Lipinski definition) is 14. The Morgan fingerprint density at radius 3 is 1.23 bits per heavy atom. The van der Waals surface area contributed by atoms with Crippen LogP contribution in [0.15, 0.2) is 97.2 Å². The quantitative estimate of drug-likeness (QED) is 0.0172. The summed E-state index contributed by atoms with van der Waals surface area (Å²) >= 11 is 0. The first kappa shape index (κ1) is 72.0. The van der Waals surface area contributed by atoms with Gasteiger partial charge in [-0.3, -0.25) is 4.79 Å². The maximum absolute atomic E-state index is 13.1. The lowest BCUT2D eigenvalue weighted by molar-refractivity contribution is -0.332. The van der Waals surface area contributed by atoms with E-state index in [1.807, 2.05) is 0 Å². The molecule has 0 bridgehead atoms. The first-order valence-corrected chi connectivity index (χ1v) is 30.8. The van der Waals surface area contributed by atoms with Crippen LogP contribution in [0.3, 0.4) is 0 Å². The smallest absolute Gasteiger partial charge is 0.306 e. The fraction of sp³-hybridized carbons (Fsp3) is 0.738. The van der Waals surface area contributed by atoms with E-state index in [4.69, 9.17) is 28.4 Å². The molecule has 2 fully saturated rings. The van der Waals surface area contributed by atoms with Gasteiger partial charge in [-0.05, 0) is 89.9 Å². The standard InChI is InChI=1S/C65H110O14/c1-3-5-7-9-11-13-15-17-19-21-23-25-27-28-30-32-34-36-38-40-42-44-46-48-57(67)77-54(51-74-49-47-45-43-41-39-37-35-33-31-29-26-24-22-20-18-16-14-12-10-8-6-4-2)52-75-64-63(73)61(71)59(69)56(79-64)53-76-65-62(72)60(70)58(68)55(50-66)78-65/h5-8,11-14,17-20,23-26,54-56,58-66,68-73H,3-4,9-10,15-16,21-22,27-53H2,1-2H3/b7-5-,8-6-,13-11-,14-12-,19-17-,20-18-,25-23-,26-24-. The molecule has 2 rings (SSSR count). The van der Waals surface area contributed by atoms with E-state index in [0.717, 1.165) is 103 Å². The molecular formula is C65H110O14. The molecule has 11 unspecified atom stereocenters. The summed E-state index contributed by atoms with van der Waals surface area (Å²) < 4.78 is 34.5. The van der Waals surface area contributed by atoms with Crippen LogP contribution in [-0.4, -0.2) is 142 Å². The van der Waals surface area contributed by atoms with Crippen LogP contribution in [0.25, 0.3) is 0 Å². The van der Waals surface area contributed by atoms with Crippen LogP contribution in [0.2, 0.25) is 0 Å². The highest BCUT2D eigenvalue weighted by Gasteiger charge is 2.47. The Morgan fingerprint density at radius 1 is 0.418 bits per heavy atom. The number of allylic oxidation sites excluding steroid dienone is 16. The Bertz CT molecular complexity index is 1670. The van der Waals surface area contributed by atoms with Crippen LogP contribution in [0.1, 0.15) is 206 Å². The molecule has 0 aromatic rings. The SMILES string of the molecule is CC/C=C\C/C=C\C/C=C\C/C=C\CCCCCCCCCCCCC(=O)OC(COCCCCCCCCCCC/C=C\C/C=C\C/C=C\C/C=C\CC)COC1OC(COC2OC(CO)C(O)C(O)C2O)C(O)C(O)C1O. The first-order chi connectivity index (χ1) is 38.6. The molecule has 454 valence electrons. The number of carbonyl (C=O) groups excluding carboxylic acids is 1. The second-order valence-corrected chi connectivity index (χ2v) is 21.1. The van der Waals surface area contributed by atoms with Crippen molar-refractivity contribution in [2.75, 3.05) is 33.0 Å². The van der Waals surface area contributed by atoms with E-state index in [0.29, 0.717) is 13.0 Å². The summed E-state index contributed by atoms with van der Waals surface area (Å²) in [6.45, 7) is 3.45. The average Bonchev–Trinajstić information content (AvgIpc) is 3.46. The summed E-state index contributed by atoms with van der Waals surface area (Å²) in [7, 11) is 0. The number of unbranched alkanes of at least 4 members (excludes halogenated alkanes) is 19. The van der Waals surface area contributed by atoms with E-state index in [2.05, 4.69) is 111 Å². The van der Waals surface area contributed by atoms with Crippen LogP contribution in [-0.2, 0) is 33.2 Å². The summed E-state index contributed by atoms with van der Waals surface area (Å²) in [4.78, 5) is 13.1. The molecule has 2 heterocycles. The summed E-state index contributed by atoms with van der Waals surface area (Å²) in [6, 6.07) is 0. The van der Waals surface area contributed by atoms with Gasteiger partial charge in [0.15, 0.2) is 12.6 Å². The van der Waals surface area contributed by atoms with Crippen molar-refractivity contribution in [1.29, 1.82) is 0 Å². The lowest BCUT2D eigenvalue weighted by Gasteiger charge is -2.42. The minimum atomic E-state index is -1.71. The number of aliphatic hydroxyl groups excluding tert-OH is 7. The van der Waals surface area contributed by atoms with Crippen molar-refractivity contribution in [1.82, 2.24) is 0 Å². The molecule has 0 radical (unpaired) electrons. The van der Waals surface area contributed by atoms with Crippen molar-refractivity contribution in [3.05, 3.63) is 97.2 Å². The predicted molar refractivity (Wildman–Crippen MR) is 316 cm³/mol. The number of ether oxygens (including phenoxy) is 6. The van der Waals surface area contributed by atoms with Crippen molar-refractivity contribution in [2.24, 2.45) is 0 Å². The van der Waals surface area contributed by atoms with Gasteiger partial charge in [0.2, 0.25) is 0 Å². The van der Waals surface area contributed by atoms with E-state index < -0.39 is 80.7 Å². The summed E-state index contributed by atoms with van der Waals surface area (Å²) in [5, 5.41) is 72.5. The maximum atomic E-state index is 13.1. The monoisotopic (exact) mass is 1110 g/mol. The normalized spacial score (nSPS) is 24.7. The van der Waals surface area contributed by atoms with Gasteiger partial charge in [0, 0.05) is 13.0 Å². The Kier molecular flexibility index (Phi) is 46.1. The largest absolute Gasteiger partial charge is 0.457 e. The molecule has 14 nitrogen and oxygen atoms in total. The lowest BCUT2D eigenvalue weighted by atomic mass is 9.98. The van der Waals surface area contributed by atoms with Gasteiger partial charge in [-0.15, -0.1) is 0 Å². The zero-order valence-electron chi connectivity index (χ0n) is 48.8. The lowest BCUT2D eigenvalue weighted by Crippen LogP contribution is -2.61. The number of rotatable bonds is 49. The predicted octanol–water partition coefficient (Wildman–Crippen LogP) is 11.7. The van der Waals surface area contributed by atoms with Gasteiger partial charge in [-0.1, -0.05) is 207 Å². The number of esters is 1. The fourth-order valence-electron chi connectivity index (χ4n) is 9.21. The summed E-state index contributed by atoms with van der Waals surface area (Å²) in [6.07, 6.45) is 51.7. The van der Waals surface area contributed by atoms with Crippen LogP contribution in [0, 0.1) is 0 Å². The molecule has 11 atom stereocenters. The molecule has 79 heavy (non-hydrogen) atoms. The Hall–Kier alpha value is -3.09. The Balaban J connectivity index is 1.70. The van der Waals surface area contributed by atoms with Crippen LogP contribution in [0.4, 0.5) is 0 Å². The number of hydrogen-bond donors (Lipinski definition) is 7. The molecule has 0 amide bonds. The number of carbonyl (C=O) groups is 1. The van der Waals surface area contributed by atoms with Crippen molar-refractivity contribution < 1.29 is 69.0 Å². The van der Waals surface area contributed by atoms with E-state index in [1.54, 1.807) is 0 Å².